The molecule has 0 radical (unpaired) electrons. The van der Waals surface area contributed by atoms with Crippen LogP contribution >= 0.6 is 39.1 Å². The summed E-state index contributed by atoms with van der Waals surface area (Å²) >= 11 is 15.3. The molecule has 2 aromatic heterocycles. The lowest BCUT2D eigenvalue weighted by molar-refractivity contribution is -0.140. The van der Waals surface area contributed by atoms with Gasteiger partial charge in [0.1, 0.15) is 0 Å². The molecule has 0 aliphatic heterocycles. The molecule has 0 aliphatic carbocycles. The maximum absolute atomic E-state index is 13.5. The van der Waals surface area contributed by atoms with Gasteiger partial charge in [0, 0.05) is 37.9 Å². The van der Waals surface area contributed by atoms with Gasteiger partial charge in [0.25, 0.3) is 0 Å². The van der Waals surface area contributed by atoms with Crippen LogP contribution in [0.25, 0.3) is 11.1 Å². The van der Waals surface area contributed by atoms with E-state index in [1.54, 1.807) is 42.5 Å². The van der Waals surface area contributed by atoms with E-state index in [1.165, 1.54) is 38.7 Å². The average molecular weight is 684 g/mol. The first-order valence-corrected chi connectivity index (χ1v) is 13.4. The van der Waals surface area contributed by atoms with Gasteiger partial charge in [-0.15, -0.1) is 0 Å². The van der Waals surface area contributed by atoms with Crippen molar-refractivity contribution in [1.29, 1.82) is 0 Å². The van der Waals surface area contributed by atoms with Crippen LogP contribution in [0.15, 0.2) is 77.5 Å². The third-order valence-electron chi connectivity index (χ3n) is 5.33. The highest BCUT2D eigenvalue weighted by molar-refractivity contribution is 9.10. The number of hydrogen-bond donors (Lipinski definition) is 2. The van der Waals surface area contributed by atoms with E-state index in [2.05, 4.69) is 35.4 Å². The van der Waals surface area contributed by atoms with Gasteiger partial charge in [-0.05, 0) is 53.1 Å². The molecule has 220 valence electrons. The Hall–Kier alpha value is -3.42. The third kappa shape index (κ3) is 11.1. The lowest BCUT2D eigenvalue weighted by atomic mass is 9.81. The number of carbonyl (C=O) groups is 2. The molecule has 42 heavy (non-hydrogen) atoms. The smallest absolute Gasteiger partial charge is 0.469 e. The zero-order chi connectivity index (χ0) is 31.2. The second-order valence-electron chi connectivity index (χ2n) is 8.15. The molecular weight excluding hydrogens is 660 g/mol. The van der Waals surface area contributed by atoms with Crippen molar-refractivity contribution in [2.45, 2.75) is 12.8 Å². The highest BCUT2D eigenvalue weighted by Crippen LogP contribution is 2.27. The molecule has 2 heterocycles. The number of nitrogens with zero attached hydrogens (tertiary/aromatic N) is 2. The SMILES string of the molecule is COC(=O)Cc1ccc(-c2cccnc2F)cc1Cl.COC(=O)Cc1ccc(Br)cc1Cl.OB(O)c1cccnc1F. The first-order chi connectivity index (χ1) is 20.0. The standard InChI is InChI=1S/C14H11ClFNO2.C9H8BrClO2.C5H5BFNO2/c1-19-13(18)8-10-5-4-9(7-12(10)15)11-3-2-6-17-14(11)16;1-13-9(12)4-6-2-3-7(10)5-8(6)11;7-5-4(6(9)10)2-1-3-8-5/h2-7H,8H2,1H3;2-3,5H,4H2,1H3;1-3,9-10H. The molecule has 0 atom stereocenters. The molecule has 2 aromatic carbocycles. The van der Waals surface area contributed by atoms with Crippen LogP contribution in [-0.4, -0.2) is 53.3 Å². The van der Waals surface area contributed by atoms with Gasteiger partial charge in [-0.3, -0.25) is 9.59 Å². The summed E-state index contributed by atoms with van der Waals surface area (Å²) in [5.41, 5.74) is 2.19. The molecule has 0 spiro atoms. The van der Waals surface area contributed by atoms with Gasteiger partial charge in [0.2, 0.25) is 11.9 Å². The van der Waals surface area contributed by atoms with Crippen molar-refractivity contribution in [3.8, 4) is 11.1 Å². The number of hydrogen-bond acceptors (Lipinski definition) is 8. The van der Waals surface area contributed by atoms with E-state index in [0.717, 1.165) is 10.0 Å². The first-order valence-electron chi connectivity index (χ1n) is 11.9. The van der Waals surface area contributed by atoms with Crippen molar-refractivity contribution in [2.24, 2.45) is 0 Å². The van der Waals surface area contributed by atoms with Gasteiger partial charge in [-0.25, -0.2) is 9.97 Å². The lowest BCUT2D eigenvalue weighted by Crippen LogP contribution is -2.33. The second-order valence-corrected chi connectivity index (χ2v) is 9.88. The van der Waals surface area contributed by atoms with Crippen LogP contribution < -0.4 is 5.46 Å². The van der Waals surface area contributed by atoms with E-state index in [4.69, 9.17) is 33.2 Å². The van der Waals surface area contributed by atoms with Gasteiger partial charge < -0.3 is 19.5 Å². The van der Waals surface area contributed by atoms with E-state index in [0.29, 0.717) is 26.7 Å². The quantitative estimate of drug-likeness (QED) is 0.166. The largest absolute Gasteiger partial charge is 0.493 e. The fourth-order valence-corrected chi connectivity index (χ4v) is 4.16. The number of carbonyl (C=O) groups excluding carboxylic acids is 2. The molecule has 0 unspecified atom stereocenters. The van der Waals surface area contributed by atoms with Crippen molar-refractivity contribution in [3.05, 3.63) is 111 Å². The molecule has 0 bridgehead atoms. The van der Waals surface area contributed by atoms with E-state index < -0.39 is 19.0 Å². The average Bonchev–Trinajstić information content (AvgIpc) is 2.96. The van der Waals surface area contributed by atoms with Gasteiger partial charge >= 0.3 is 19.1 Å². The topological polar surface area (TPSA) is 119 Å². The Labute approximate surface area is 259 Å². The van der Waals surface area contributed by atoms with Crippen LogP contribution in [-0.2, 0) is 31.9 Å². The zero-order valence-electron chi connectivity index (χ0n) is 22.2. The molecule has 0 aliphatic rings. The molecular formula is C28H24BBrCl2F2N2O6. The molecule has 0 saturated carbocycles. The number of pyridine rings is 2. The number of rotatable bonds is 6. The Balaban J connectivity index is 0.000000234. The summed E-state index contributed by atoms with van der Waals surface area (Å²) < 4.78 is 36.0. The van der Waals surface area contributed by atoms with Gasteiger partial charge in [0.05, 0.1) is 27.1 Å². The van der Waals surface area contributed by atoms with E-state index in [1.807, 2.05) is 6.07 Å². The Morgan fingerprint density at radius 2 is 1.36 bits per heavy atom. The summed E-state index contributed by atoms with van der Waals surface area (Å²) in [4.78, 5) is 28.9. The van der Waals surface area contributed by atoms with Crippen molar-refractivity contribution in [2.75, 3.05) is 14.2 Å². The number of aromatic nitrogens is 2. The summed E-state index contributed by atoms with van der Waals surface area (Å²) in [6, 6.07) is 16.3. The van der Waals surface area contributed by atoms with E-state index in [9.17, 15) is 18.4 Å². The molecule has 0 fully saturated rings. The minimum atomic E-state index is -1.78. The van der Waals surface area contributed by atoms with Gasteiger partial charge in [-0.2, -0.15) is 8.78 Å². The predicted molar refractivity (Wildman–Crippen MR) is 159 cm³/mol. The normalized spacial score (nSPS) is 9.93. The number of halogens is 5. The fourth-order valence-electron chi connectivity index (χ4n) is 3.17. The van der Waals surface area contributed by atoms with Crippen LogP contribution in [0, 0.1) is 11.9 Å². The molecule has 4 aromatic rings. The minimum Gasteiger partial charge on any atom is -0.469 e. The molecule has 0 amide bonds. The number of esters is 2. The number of methoxy groups -OCH3 is 2. The van der Waals surface area contributed by atoms with Crippen molar-refractivity contribution in [1.82, 2.24) is 9.97 Å². The Kier molecular flexibility index (Phi) is 14.5. The fraction of sp³-hybridized carbons (Fsp3) is 0.143. The third-order valence-corrected chi connectivity index (χ3v) is 6.53. The van der Waals surface area contributed by atoms with Crippen molar-refractivity contribution < 1.29 is 37.9 Å². The van der Waals surface area contributed by atoms with Crippen LogP contribution in [0.2, 0.25) is 10.0 Å². The van der Waals surface area contributed by atoms with Crippen LogP contribution in [0.1, 0.15) is 11.1 Å². The Bertz CT molecular complexity index is 1520. The predicted octanol–water partition coefficient (Wildman–Crippen LogP) is 4.98. The maximum atomic E-state index is 13.5. The minimum absolute atomic E-state index is 0.0884. The highest BCUT2D eigenvalue weighted by Gasteiger charge is 2.15. The van der Waals surface area contributed by atoms with Gasteiger partial charge in [0.15, 0.2) is 0 Å². The number of ether oxygens (including phenoxy) is 2. The zero-order valence-corrected chi connectivity index (χ0v) is 25.3. The molecule has 14 heteroatoms. The Morgan fingerprint density at radius 1 is 0.833 bits per heavy atom. The van der Waals surface area contributed by atoms with E-state index >= 15 is 0 Å². The summed E-state index contributed by atoms with van der Waals surface area (Å²) in [7, 11) is 0.888. The monoisotopic (exact) mass is 682 g/mol. The van der Waals surface area contributed by atoms with Crippen LogP contribution in [0.5, 0.6) is 0 Å². The molecule has 2 N–H and O–H groups in total. The van der Waals surface area contributed by atoms with E-state index in [-0.39, 0.29) is 30.2 Å². The summed E-state index contributed by atoms with van der Waals surface area (Å²) in [6.45, 7) is 0. The summed E-state index contributed by atoms with van der Waals surface area (Å²) in [5, 5.41) is 17.9. The van der Waals surface area contributed by atoms with Crippen LogP contribution in [0.3, 0.4) is 0 Å². The summed E-state index contributed by atoms with van der Waals surface area (Å²) in [6.07, 6.45) is 2.92. The van der Waals surface area contributed by atoms with Crippen LogP contribution in [0.4, 0.5) is 8.78 Å². The lowest BCUT2D eigenvalue weighted by Gasteiger charge is -2.07. The maximum Gasteiger partial charge on any atom is 0.493 e. The molecule has 4 rings (SSSR count). The molecule has 0 saturated heterocycles. The van der Waals surface area contributed by atoms with Crippen molar-refractivity contribution >= 4 is 63.7 Å². The summed E-state index contributed by atoms with van der Waals surface area (Å²) in [5.74, 6) is -2.07. The second kappa shape index (κ2) is 17.5. The highest BCUT2D eigenvalue weighted by atomic mass is 79.9. The molecule has 8 nitrogen and oxygen atoms in total. The number of benzene rings is 2. The van der Waals surface area contributed by atoms with Crippen molar-refractivity contribution in [3.63, 3.8) is 0 Å². The van der Waals surface area contributed by atoms with Gasteiger partial charge in [-0.1, -0.05) is 63.4 Å². The first kappa shape index (κ1) is 34.8. The Morgan fingerprint density at radius 3 is 1.81 bits per heavy atom.